The fourth-order valence-corrected chi connectivity index (χ4v) is 5.65. The highest BCUT2D eigenvalue weighted by molar-refractivity contribution is 7.89. The molecule has 1 aliphatic rings. The van der Waals surface area contributed by atoms with Crippen molar-refractivity contribution in [1.29, 1.82) is 5.26 Å². The van der Waals surface area contributed by atoms with E-state index in [1.54, 1.807) is 36.8 Å². The van der Waals surface area contributed by atoms with Gasteiger partial charge in [-0.25, -0.2) is 8.42 Å². The summed E-state index contributed by atoms with van der Waals surface area (Å²) < 4.78 is 33.7. The van der Waals surface area contributed by atoms with Crippen molar-refractivity contribution in [3.8, 4) is 22.9 Å². The van der Waals surface area contributed by atoms with E-state index < -0.39 is 10.0 Å². The molecule has 1 fully saturated rings. The summed E-state index contributed by atoms with van der Waals surface area (Å²) in [4.78, 5) is 8.40. The predicted octanol–water partition coefficient (Wildman–Crippen LogP) is 4.40. The SMILES string of the molecule is N#Cc1cccc(-c2cc(OC3CCN(S(=O)(=O)c4cccnc4)CC3)c3cnccc3c2)c1. The third-order valence-corrected chi connectivity index (χ3v) is 7.89. The Morgan fingerprint density at radius 1 is 0.941 bits per heavy atom. The zero-order chi connectivity index (χ0) is 23.5. The molecule has 0 unspecified atom stereocenters. The Balaban J connectivity index is 1.39. The van der Waals surface area contributed by atoms with E-state index >= 15 is 0 Å². The summed E-state index contributed by atoms with van der Waals surface area (Å²) in [5.41, 5.74) is 2.47. The number of sulfonamides is 1. The molecule has 3 heterocycles. The molecule has 0 spiro atoms. The Morgan fingerprint density at radius 2 is 1.76 bits per heavy atom. The average molecular weight is 471 g/mol. The minimum Gasteiger partial charge on any atom is -0.490 e. The maximum Gasteiger partial charge on any atom is 0.244 e. The Hall–Kier alpha value is -3.80. The lowest BCUT2D eigenvalue weighted by molar-refractivity contribution is 0.137. The van der Waals surface area contributed by atoms with E-state index in [9.17, 15) is 13.7 Å². The minimum absolute atomic E-state index is 0.121. The van der Waals surface area contributed by atoms with Gasteiger partial charge in [-0.2, -0.15) is 9.57 Å². The molecule has 34 heavy (non-hydrogen) atoms. The van der Waals surface area contributed by atoms with Crippen LogP contribution in [0.2, 0.25) is 0 Å². The van der Waals surface area contributed by atoms with Gasteiger partial charge in [0.2, 0.25) is 10.0 Å². The first kappa shape index (κ1) is 22.0. The highest BCUT2D eigenvalue weighted by atomic mass is 32.2. The van der Waals surface area contributed by atoms with Crippen LogP contribution in [-0.4, -0.2) is 41.9 Å². The smallest absolute Gasteiger partial charge is 0.244 e. The molecule has 2 aromatic heterocycles. The second kappa shape index (κ2) is 9.21. The summed E-state index contributed by atoms with van der Waals surface area (Å²) in [7, 11) is -3.56. The van der Waals surface area contributed by atoms with Gasteiger partial charge < -0.3 is 4.74 Å². The summed E-state index contributed by atoms with van der Waals surface area (Å²) in [5.74, 6) is 0.705. The number of nitrogens with zero attached hydrogens (tertiary/aromatic N) is 4. The maximum atomic E-state index is 12.9. The van der Waals surface area contributed by atoms with Crippen molar-refractivity contribution < 1.29 is 13.2 Å². The van der Waals surface area contributed by atoms with Crippen LogP contribution in [0.1, 0.15) is 18.4 Å². The largest absolute Gasteiger partial charge is 0.490 e. The van der Waals surface area contributed by atoms with E-state index in [-0.39, 0.29) is 11.0 Å². The van der Waals surface area contributed by atoms with Gasteiger partial charge in [-0.1, -0.05) is 12.1 Å². The van der Waals surface area contributed by atoms with Gasteiger partial charge in [0.15, 0.2) is 0 Å². The monoisotopic (exact) mass is 470 g/mol. The van der Waals surface area contributed by atoms with Crippen molar-refractivity contribution in [2.75, 3.05) is 13.1 Å². The van der Waals surface area contributed by atoms with Crippen LogP contribution in [0, 0.1) is 11.3 Å². The van der Waals surface area contributed by atoms with Crippen LogP contribution in [0.5, 0.6) is 5.75 Å². The molecule has 0 amide bonds. The van der Waals surface area contributed by atoms with Crippen molar-refractivity contribution in [2.45, 2.75) is 23.8 Å². The first-order valence-corrected chi connectivity index (χ1v) is 12.4. The standard InChI is InChI=1S/C26H22N4O3S/c27-16-19-3-1-4-20(13-19)22-14-21-6-10-29-18-25(21)26(15-22)33-23-7-11-30(12-8-23)34(31,32)24-5-2-9-28-17-24/h1-6,9-10,13-15,17-18,23H,7-8,11-12H2. The molecule has 0 saturated carbocycles. The lowest BCUT2D eigenvalue weighted by Gasteiger charge is -2.31. The maximum absolute atomic E-state index is 12.9. The average Bonchev–Trinajstić information content (AvgIpc) is 2.89. The van der Waals surface area contributed by atoms with Crippen LogP contribution in [-0.2, 0) is 10.0 Å². The summed E-state index contributed by atoms with van der Waals surface area (Å²) in [6.07, 6.45) is 7.49. The van der Waals surface area contributed by atoms with Crippen LogP contribution >= 0.6 is 0 Å². The molecule has 8 heteroatoms. The van der Waals surface area contributed by atoms with Crippen molar-refractivity contribution in [1.82, 2.24) is 14.3 Å². The van der Waals surface area contributed by atoms with Gasteiger partial charge in [0.05, 0.1) is 11.6 Å². The zero-order valence-corrected chi connectivity index (χ0v) is 19.1. The normalized spacial score (nSPS) is 15.1. The van der Waals surface area contributed by atoms with Crippen molar-refractivity contribution in [2.24, 2.45) is 0 Å². The van der Waals surface area contributed by atoms with Crippen LogP contribution in [0.25, 0.3) is 21.9 Å². The Kier molecular flexibility index (Phi) is 5.97. The second-order valence-electron chi connectivity index (χ2n) is 8.17. The quantitative estimate of drug-likeness (QED) is 0.429. The molecule has 0 aliphatic carbocycles. The minimum atomic E-state index is -3.56. The predicted molar refractivity (Wildman–Crippen MR) is 129 cm³/mol. The number of fused-ring (bicyclic) bond motifs is 1. The number of aromatic nitrogens is 2. The molecule has 5 rings (SSSR count). The van der Waals surface area contributed by atoms with E-state index in [0.29, 0.717) is 37.2 Å². The van der Waals surface area contributed by atoms with Crippen LogP contribution in [0.3, 0.4) is 0 Å². The molecule has 7 nitrogen and oxygen atoms in total. The number of pyridine rings is 2. The van der Waals surface area contributed by atoms with Gasteiger partial charge in [-0.3, -0.25) is 9.97 Å². The molecule has 2 aromatic carbocycles. The summed E-state index contributed by atoms with van der Waals surface area (Å²) in [6.45, 7) is 0.754. The van der Waals surface area contributed by atoms with Gasteiger partial charge in [-0.15, -0.1) is 0 Å². The summed E-state index contributed by atoms with van der Waals surface area (Å²) in [6, 6.07) is 18.8. The number of benzene rings is 2. The Labute approximate surface area is 198 Å². The number of nitriles is 1. The molecule has 0 radical (unpaired) electrons. The fraction of sp³-hybridized carbons (Fsp3) is 0.192. The van der Waals surface area contributed by atoms with Crippen molar-refractivity contribution in [3.63, 3.8) is 0 Å². The van der Waals surface area contributed by atoms with E-state index in [4.69, 9.17) is 4.74 Å². The summed E-state index contributed by atoms with van der Waals surface area (Å²) in [5, 5.41) is 11.2. The molecule has 0 N–H and O–H groups in total. The zero-order valence-electron chi connectivity index (χ0n) is 18.3. The van der Waals surface area contributed by atoms with E-state index in [0.717, 1.165) is 21.9 Å². The highest BCUT2D eigenvalue weighted by Crippen LogP contribution is 2.34. The van der Waals surface area contributed by atoms with E-state index in [2.05, 4.69) is 22.1 Å². The van der Waals surface area contributed by atoms with Crippen LogP contribution < -0.4 is 4.74 Å². The number of ether oxygens (including phenoxy) is 1. The highest BCUT2D eigenvalue weighted by Gasteiger charge is 2.30. The van der Waals surface area contributed by atoms with E-state index in [1.165, 1.54) is 10.5 Å². The van der Waals surface area contributed by atoms with Crippen LogP contribution in [0.15, 0.2) is 84.3 Å². The first-order chi connectivity index (χ1) is 16.5. The van der Waals surface area contributed by atoms with E-state index in [1.807, 2.05) is 30.3 Å². The molecule has 4 aromatic rings. The Bertz CT molecular complexity index is 1480. The van der Waals surface area contributed by atoms with Crippen LogP contribution in [0.4, 0.5) is 0 Å². The fourth-order valence-electron chi connectivity index (χ4n) is 4.22. The van der Waals surface area contributed by atoms with Gasteiger partial charge in [-0.05, 0) is 71.8 Å². The van der Waals surface area contributed by atoms with Gasteiger partial charge >= 0.3 is 0 Å². The molecule has 0 bridgehead atoms. The van der Waals surface area contributed by atoms with Crippen molar-refractivity contribution in [3.05, 3.63) is 84.9 Å². The summed E-state index contributed by atoms with van der Waals surface area (Å²) >= 11 is 0. The van der Waals surface area contributed by atoms with Crippen molar-refractivity contribution >= 4 is 20.8 Å². The molecular formula is C26H22N4O3S. The van der Waals surface area contributed by atoms with Gasteiger partial charge in [0, 0.05) is 43.3 Å². The topological polar surface area (TPSA) is 96.2 Å². The lowest BCUT2D eigenvalue weighted by atomic mass is 10.00. The molecule has 170 valence electrons. The Morgan fingerprint density at radius 3 is 2.53 bits per heavy atom. The van der Waals surface area contributed by atoms with Gasteiger partial charge in [0.25, 0.3) is 0 Å². The third-order valence-electron chi connectivity index (χ3n) is 6.01. The second-order valence-corrected chi connectivity index (χ2v) is 10.1. The lowest BCUT2D eigenvalue weighted by Crippen LogP contribution is -2.41. The third kappa shape index (κ3) is 4.36. The molecule has 1 saturated heterocycles. The molecule has 0 atom stereocenters. The number of hydrogen-bond acceptors (Lipinski definition) is 6. The molecule has 1 aliphatic heterocycles. The number of piperidine rings is 1. The first-order valence-electron chi connectivity index (χ1n) is 11.0. The number of rotatable bonds is 5. The number of hydrogen-bond donors (Lipinski definition) is 0. The van der Waals surface area contributed by atoms with Gasteiger partial charge in [0.1, 0.15) is 16.7 Å². The molecular weight excluding hydrogens is 448 g/mol.